The van der Waals surface area contributed by atoms with Crippen LogP contribution >= 0.6 is 23.2 Å². The van der Waals surface area contributed by atoms with Crippen molar-refractivity contribution in [1.29, 1.82) is 0 Å². The van der Waals surface area contributed by atoms with Gasteiger partial charge in [0.2, 0.25) is 0 Å². The number of hydrogen-bond donors (Lipinski definition) is 1. The molecule has 1 saturated carbocycles. The number of hydrogen-bond acceptors (Lipinski definition) is 2. The Morgan fingerprint density at radius 1 is 1.15 bits per heavy atom. The zero-order valence-electron chi connectivity index (χ0n) is 12.1. The molecule has 112 valence electrons. The molecule has 1 atom stereocenters. The van der Waals surface area contributed by atoms with E-state index in [1.807, 2.05) is 12.1 Å². The van der Waals surface area contributed by atoms with Gasteiger partial charge in [0.25, 0.3) is 0 Å². The monoisotopic (exact) mass is 314 g/mol. The largest absolute Gasteiger partial charge is 0.329 e. The summed E-state index contributed by atoms with van der Waals surface area (Å²) in [6.07, 6.45) is 6.57. The van der Waals surface area contributed by atoms with Gasteiger partial charge in [0.1, 0.15) is 0 Å². The Labute approximate surface area is 132 Å². The van der Waals surface area contributed by atoms with Crippen LogP contribution in [-0.2, 0) is 0 Å². The Hall–Kier alpha value is -0.280. The first-order valence-electron chi connectivity index (χ1n) is 7.57. The van der Waals surface area contributed by atoms with Crippen molar-refractivity contribution in [3.05, 3.63) is 33.8 Å². The second-order valence-electron chi connectivity index (χ2n) is 5.58. The van der Waals surface area contributed by atoms with Crippen LogP contribution in [0.1, 0.15) is 50.6 Å². The van der Waals surface area contributed by atoms with Crippen molar-refractivity contribution < 1.29 is 0 Å². The van der Waals surface area contributed by atoms with Gasteiger partial charge in [-0.3, -0.25) is 4.90 Å². The summed E-state index contributed by atoms with van der Waals surface area (Å²) in [7, 11) is 0. The van der Waals surface area contributed by atoms with E-state index in [0.29, 0.717) is 22.6 Å². The fraction of sp³-hybridized carbons (Fsp3) is 0.625. The van der Waals surface area contributed by atoms with Gasteiger partial charge in [-0.1, -0.05) is 49.4 Å². The quantitative estimate of drug-likeness (QED) is 0.857. The molecule has 2 N–H and O–H groups in total. The third kappa shape index (κ3) is 3.88. The van der Waals surface area contributed by atoms with Crippen molar-refractivity contribution in [2.45, 2.75) is 51.1 Å². The molecule has 0 radical (unpaired) electrons. The molecular weight excluding hydrogens is 291 g/mol. The maximum absolute atomic E-state index is 6.14. The minimum atomic E-state index is 0.208. The van der Waals surface area contributed by atoms with Gasteiger partial charge in [0.05, 0.1) is 0 Å². The summed E-state index contributed by atoms with van der Waals surface area (Å²) in [5, 5.41) is 1.37. The molecule has 1 fully saturated rings. The SMILES string of the molecule is CCN(C1CCCCC1)C(CN)c1cc(Cl)cc(Cl)c1. The maximum Gasteiger partial charge on any atom is 0.0474 e. The van der Waals surface area contributed by atoms with E-state index in [2.05, 4.69) is 11.8 Å². The van der Waals surface area contributed by atoms with Crippen LogP contribution in [0.15, 0.2) is 18.2 Å². The first-order chi connectivity index (χ1) is 9.65. The predicted molar refractivity (Wildman–Crippen MR) is 87.5 cm³/mol. The number of nitrogens with two attached hydrogens (primary N) is 1. The predicted octanol–water partition coefficient (Wildman–Crippen LogP) is 4.65. The lowest BCUT2D eigenvalue weighted by atomic mass is 9.92. The van der Waals surface area contributed by atoms with Gasteiger partial charge in [0.15, 0.2) is 0 Å². The fourth-order valence-electron chi connectivity index (χ4n) is 3.38. The van der Waals surface area contributed by atoms with Crippen LogP contribution in [0, 0.1) is 0 Å². The number of likely N-dealkylation sites (N-methyl/N-ethyl adjacent to an activating group) is 1. The number of benzene rings is 1. The van der Waals surface area contributed by atoms with E-state index in [4.69, 9.17) is 28.9 Å². The van der Waals surface area contributed by atoms with Crippen LogP contribution < -0.4 is 5.73 Å². The van der Waals surface area contributed by atoms with Crippen LogP contribution in [0.3, 0.4) is 0 Å². The number of rotatable bonds is 5. The van der Waals surface area contributed by atoms with Crippen molar-refractivity contribution >= 4 is 23.2 Å². The average Bonchev–Trinajstić information content (AvgIpc) is 2.44. The van der Waals surface area contributed by atoms with E-state index in [1.165, 1.54) is 32.1 Å². The molecule has 0 saturated heterocycles. The lowest BCUT2D eigenvalue weighted by molar-refractivity contribution is 0.114. The van der Waals surface area contributed by atoms with Gasteiger partial charge in [-0.2, -0.15) is 0 Å². The van der Waals surface area contributed by atoms with E-state index >= 15 is 0 Å². The summed E-state index contributed by atoms with van der Waals surface area (Å²) < 4.78 is 0. The smallest absolute Gasteiger partial charge is 0.0474 e. The van der Waals surface area contributed by atoms with Crippen LogP contribution in [0.2, 0.25) is 10.0 Å². The lowest BCUT2D eigenvalue weighted by Gasteiger charge is -2.39. The second kappa shape index (κ2) is 7.65. The molecule has 0 spiro atoms. The van der Waals surface area contributed by atoms with Crippen molar-refractivity contribution in [2.75, 3.05) is 13.1 Å². The highest BCUT2D eigenvalue weighted by atomic mass is 35.5. The molecule has 2 rings (SSSR count). The molecule has 4 heteroatoms. The maximum atomic E-state index is 6.14. The Morgan fingerprint density at radius 3 is 2.25 bits per heavy atom. The minimum Gasteiger partial charge on any atom is -0.329 e. The highest BCUT2D eigenvalue weighted by molar-refractivity contribution is 6.34. The molecule has 20 heavy (non-hydrogen) atoms. The Balaban J connectivity index is 2.23. The zero-order valence-corrected chi connectivity index (χ0v) is 13.6. The molecule has 0 bridgehead atoms. The Kier molecular flexibility index (Phi) is 6.16. The van der Waals surface area contributed by atoms with Crippen molar-refractivity contribution in [3.63, 3.8) is 0 Å². The van der Waals surface area contributed by atoms with Gasteiger partial charge in [0, 0.05) is 28.7 Å². The van der Waals surface area contributed by atoms with Gasteiger partial charge >= 0.3 is 0 Å². The van der Waals surface area contributed by atoms with Gasteiger partial charge in [-0.15, -0.1) is 0 Å². The van der Waals surface area contributed by atoms with Crippen LogP contribution in [0.4, 0.5) is 0 Å². The van der Waals surface area contributed by atoms with Crippen molar-refractivity contribution in [3.8, 4) is 0 Å². The summed E-state index contributed by atoms with van der Waals surface area (Å²) in [5.41, 5.74) is 7.20. The van der Waals surface area contributed by atoms with Crippen LogP contribution in [0.25, 0.3) is 0 Å². The Morgan fingerprint density at radius 2 is 1.75 bits per heavy atom. The summed E-state index contributed by atoms with van der Waals surface area (Å²) in [6, 6.07) is 6.61. The normalized spacial score (nSPS) is 18.4. The molecule has 1 aliphatic rings. The van der Waals surface area contributed by atoms with E-state index in [9.17, 15) is 0 Å². The van der Waals surface area contributed by atoms with E-state index in [-0.39, 0.29) is 6.04 Å². The first kappa shape index (κ1) is 16.1. The van der Waals surface area contributed by atoms with E-state index in [0.717, 1.165) is 12.1 Å². The molecule has 2 nitrogen and oxygen atoms in total. The molecule has 0 aliphatic heterocycles. The van der Waals surface area contributed by atoms with Crippen LogP contribution in [-0.4, -0.2) is 24.0 Å². The molecular formula is C16H24Cl2N2. The van der Waals surface area contributed by atoms with Crippen LogP contribution in [0.5, 0.6) is 0 Å². The van der Waals surface area contributed by atoms with Crippen molar-refractivity contribution in [1.82, 2.24) is 4.90 Å². The summed E-state index contributed by atoms with van der Waals surface area (Å²) in [5.74, 6) is 0. The Bertz CT molecular complexity index is 410. The average molecular weight is 315 g/mol. The molecule has 0 amide bonds. The van der Waals surface area contributed by atoms with E-state index in [1.54, 1.807) is 6.07 Å². The standard InChI is InChI=1S/C16H24Cl2N2/c1-2-20(15-6-4-3-5-7-15)16(11-19)12-8-13(17)10-14(18)9-12/h8-10,15-16H,2-7,11,19H2,1H3. The first-order valence-corrected chi connectivity index (χ1v) is 8.33. The molecule has 1 aromatic rings. The third-order valence-electron chi connectivity index (χ3n) is 4.30. The molecule has 1 aliphatic carbocycles. The molecule has 1 unspecified atom stereocenters. The summed E-state index contributed by atoms with van der Waals surface area (Å²) in [4.78, 5) is 2.53. The summed E-state index contributed by atoms with van der Waals surface area (Å²) in [6.45, 7) is 3.82. The number of halogens is 2. The fourth-order valence-corrected chi connectivity index (χ4v) is 3.92. The highest BCUT2D eigenvalue weighted by Gasteiger charge is 2.27. The molecule has 1 aromatic carbocycles. The van der Waals surface area contributed by atoms with Gasteiger partial charge < -0.3 is 5.73 Å². The van der Waals surface area contributed by atoms with Gasteiger partial charge in [-0.05, 0) is 43.1 Å². The molecule has 0 heterocycles. The number of nitrogens with zero attached hydrogens (tertiary/aromatic N) is 1. The second-order valence-corrected chi connectivity index (χ2v) is 6.45. The minimum absolute atomic E-state index is 0.208. The topological polar surface area (TPSA) is 29.3 Å². The third-order valence-corrected chi connectivity index (χ3v) is 4.74. The highest BCUT2D eigenvalue weighted by Crippen LogP contribution is 2.32. The lowest BCUT2D eigenvalue weighted by Crippen LogP contribution is -2.42. The van der Waals surface area contributed by atoms with E-state index < -0.39 is 0 Å². The molecule has 0 aromatic heterocycles. The summed E-state index contributed by atoms with van der Waals surface area (Å²) >= 11 is 12.3. The zero-order chi connectivity index (χ0) is 14.5. The van der Waals surface area contributed by atoms with Gasteiger partial charge in [-0.25, -0.2) is 0 Å². The van der Waals surface area contributed by atoms with Crippen molar-refractivity contribution in [2.24, 2.45) is 5.73 Å².